The van der Waals surface area contributed by atoms with E-state index in [1.165, 1.54) is 33.5 Å². The topological polar surface area (TPSA) is 61.8 Å². The third-order valence-electron chi connectivity index (χ3n) is 2.16. The molecule has 0 radical (unpaired) electrons. The van der Waals surface area contributed by atoms with Crippen LogP contribution in [0, 0.1) is 11.8 Å². The molecule has 0 aliphatic rings. The van der Waals surface area contributed by atoms with E-state index in [1.807, 2.05) is 0 Å². The highest BCUT2D eigenvalue weighted by molar-refractivity contribution is 5.89. The van der Waals surface area contributed by atoms with E-state index in [4.69, 9.17) is 9.47 Å². The molecular weight excluding hydrogens is 236 g/mol. The molecule has 1 aromatic carbocycles. The van der Waals surface area contributed by atoms with Crippen molar-refractivity contribution in [3.63, 3.8) is 0 Å². The summed E-state index contributed by atoms with van der Waals surface area (Å²) >= 11 is 0. The fourth-order valence-corrected chi connectivity index (χ4v) is 1.28. The molecule has 0 spiro atoms. The molecule has 18 heavy (non-hydrogen) atoms. The highest BCUT2D eigenvalue weighted by atomic mass is 16.5. The van der Waals surface area contributed by atoms with Crippen molar-refractivity contribution in [3.05, 3.63) is 23.3 Å². The Morgan fingerprint density at radius 2 is 1.83 bits per heavy atom. The first kappa shape index (κ1) is 13.6. The molecule has 0 unspecified atom stereocenters. The van der Waals surface area contributed by atoms with Crippen LogP contribution in [0.1, 0.15) is 15.9 Å². The van der Waals surface area contributed by atoms with Gasteiger partial charge in [-0.2, -0.15) is 0 Å². The lowest BCUT2D eigenvalue weighted by Gasteiger charge is -2.08. The smallest absolute Gasteiger partial charge is 0.384 e. The van der Waals surface area contributed by atoms with Gasteiger partial charge in [-0.1, -0.05) is 5.92 Å². The maximum absolute atomic E-state index is 10.9. The van der Waals surface area contributed by atoms with Gasteiger partial charge in [-0.05, 0) is 6.07 Å². The van der Waals surface area contributed by atoms with Crippen molar-refractivity contribution in [3.8, 4) is 23.3 Å². The first-order chi connectivity index (χ1) is 8.65. The maximum Gasteiger partial charge on any atom is 0.384 e. The lowest BCUT2D eigenvalue weighted by molar-refractivity contribution is -0.133. The van der Waals surface area contributed by atoms with Crippen LogP contribution < -0.4 is 9.47 Å². The van der Waals surface area contributed by atoms with Crippen LogP contribution in [0.2, 0.25) is 0 Å². The Labute approximate surface area is 105 Å². The Kier molecular flexibility index (Phi) is 4.76. The Balaban J connectivity index is 3.28. The normalized spacial score (nSPS) is 8.83. The van der Waals surface area contributed by atoms with Crippen LogP contribution in [0.5, 0.6) is 11.5 Å². The van der Waals surface area contributed by atoms with E-state index in [1.54, 1.807) is 0 Å². The minimum Gasteiger partial charge on any atom is -0.496 e. The zero-order valence-corrected chi connectivity index (χ0v) is 10.3. The number of carbonyl (C=O) groups excluding carboxylic acids is 2. The first-order valence-corrected chi connectivity index (χ1v) is 4.97. The number of aldehydes is 1. The van der Waals surface area contributed by atoms with E-state index in [0.717, 1.165) is 0 Å². The fraction of sp³-hybridized carbons (Fsp3) is 0.231. The minimum atomic E-state index is -0.657. The van der Waals surface area contributed by atoms with Gasteiger partial charge >= 0.3 is 5.97 Å². The third kappa shape index (κ3) is 3.01. The van der Waals surface area contributed by atoms with Crippen LogP contribution in [0.15, 0.2) is 12.1 Å². The summed E-state index contributed by atoms with van der Waals surface area (Å²) < 4.78 is 14.5. The van der Waals surface area contributed by atoms with Gasteiger partial charge in [-0.15, -0.1) is 0 Å². The summed E-state index contributed by atoms with van der Waals surface area (Å²) in [6.07, 6.45) is 0.652. The van der Waals surface area contributed by atoms with Gasteiger partial charge in [0, 0.05) is 12.0 Å². The molecule has 0 amide bonds. The highest BCUT2D eigenvalue weighted by Crippen LogP contribution is 2.27. The Bertz CT molecular complexity index is 522. The van der Waals surface area contributed by atoms with Gasteiger partial charge in [0.15, 0.2) is 6.29 Å². The summed E-state index contributed by atoms with van der Waals surface area (Å²) in [4.78, 5) is 21.8. The van der Waals surface area contributed by atoms with E-state index < -0.39 is 5.97 Å². The van der Waals surface area contributed by atoms with Gasteiger partial charge in [0.2, 0.25) is 0 Å². The molecule has 0 aliphatic carbocycles. The van der Waals surface area contributed by atoms with Crippen LogP contribution in [-0.4, -0.2) is 33.6 Å². The van der Waals surface area contributed by atoms with Crippen molar-refractivity contribution >= 4 is 12.3 Å². The molecule has 5 nitrogen and oxygen atoms in total. The van der Waals surface area contributed by atoms with E-state index in [2.05, 4.69) is 16.6 Å². The molecule has 0 aromatic heterocycles. The lowest BCUT2D eigenvalue weighted by Crippen LogP contribution is -1.97. The fourth-order valence-electron chi connectivity index (χ4n) is 1.28. The van der Waals surface area contributed by atoms with Gasteiger partial charge < -0.3 is 14.2 Å². The number of rotatable bonds is 3. The second-order valence-corrected chi connectivity index (χ2v) is 3.15. The first-order valence-electron chi connectivity index (χ1n) is 4.97. The summed E-state index contributed by atoms with van der Waals surface area (Å²) in [5, 5.41) is 0. The zero-order valence-electron chi connectivity index (χ0n) is 10.3. The predicted octanol–water partition coefficient (Wildman–Crippen LogP) is 1.04. The number of carbonyl (C=O) groups is 2. The van der Waals surface area contributed by atoms with Crippen LogP contribution in [-0.2, 0) is 9.53 Å². The summed E-state index contributed by atoms with van der Waals surface area (Å²) in [5.41, 5.74) is 0.781. The molecule has 94 valence electrons. The Morgan fingerprint density at radius 3 is 2.33 bits per heavy atom. The molecule has 0 saturated heterocycles. The van der Waals surface area contributed by atoms with Crippen LogP contribution >= 0.6 is 0 Å². The van der Waals surface area contributed by atoms with Gasteiger partial charge in [0.1, 0.15) is 11.5 Å². The van der Waals surface area contributed by atoms with Gasteiger partial charge in [-0.25, -0.2) is 4.79 Å². The van der Waals surface area contributed by atoms with E-state index in [9.17, 15) is 9.59 Å². The maximum atomic E-state index is 10.9. The number of methoxy groups -OCH3 is 3. The zero-order chi connectivity index (χ0) is 13.5. The predicted molar refractivity (Wildman–Crippen MR) is 63.8 cm³/mol. The average molecular weight is 248 g/mol. The SMILES string of the molecule is COC(=O)C#Cc1cc(OC)c(C=O)cc1OC. The Hall–Kier alpha value is -2.48. The number of ether oxygens (including phenoxy) is 3. The standard InChI is InChI=1S/C13H12O5/c1-16-11-7-10(8-14)12(17-2)6-9(11)4-5-13(15)18-3/h6-8H,1-3H3. The van der Waals surface area contributed by atoms with Gasteiger partial charge in [0.25, 0.3) is 0 Å². The number of hydrogen-bond acceptors (Lipinski definition) is 5. The van der Waals surface area contributed by atoms with Crippen LogP contribution in [0.3, 0.4) is 0 Å². The summed E-state index contributed by atoms with van der Waals surface area (Å²) in [6, 6.07) is 3.02. The van der Waals surface area contributed by atoms with E-state index in [-0.39, 0.29) is 0 Å². The molecular formula is C13H12O5. The quantitative estimate of drug-likeness (QED) is 0.454. The molecule has 1 rings (SSSR count). The molecule has 0 heterocycles. The van der Waals surface area contributed by atoms with Gasteiger partial charge in [0.05, 0.1) is 32.5 Å². The summed E-state index contributed by atoms with van der Waals surface area (Å²) in [6.45, 7) is 0. The van der Waals surface area contributed by atoms with Crippen molar-refractivity contribution in [1.82, 2.24) is 0 Å². The minimum absolute atomic E-state index is 0.345. The molecule has 0 saturated carbocycles. The molecule has 0 aliphatic heterocycles. The van der Waals surface area contributed by atoms with Gasteiger partial charge in [-0.3, -0.25) is 4.79 Å². The van der Waals surface area contributed by atoms with Crippen molar-refractivity contribution in [1.29, 1.82) is 0 Å². The number of esters is 1. The Morgan fingerprint density at radius 1 is 1.17 bits per heavy atom. The van der Waals surface area contributed by atoms with Crippen LogP contribution in [0.4, 0.5) is 0 Å². The molecule has 1 aromatic rings. The lowest BCUT2D eigenvalue weighted by atomic mass is 10.1. The van der Waals surface area contributed by atoms with Crippen molar-refractivity contribution in [2.45, 2.75) is 0 Å². The molecule has 5 heteroatoms. The summed E-state index contributed by atoms with van der Waals surface area (Å²) in [7, 11) is 4.12. The van der Waals surface area contributed by atoms with Crippen LogP contribution in [0.25, 0.3) is 0 Å². The molecule has 0 atom stereocenters. The largest absolute Gasteiger partial charge is 0.496 e. The molecule has 0 bridgehead atoms. The number of benzene rings is 1. The van der Waals surface area contributed by atoms with Crippen molar-refractivity contribution < 1.29 is 23.8 Å². The number of hydrogen-bond donors (Lipinski definition) is 0. The molecule has 0 fully saturated rings. The second kappa shape index (κ2) is 6.30. The van der Waals surface area contributed by atoms with Crippen molar-refractivity contribution in [2.24, 2.45) is 0 Å². The monoisotopic (exact) mass is 248 g/mol. The van der Waals surface area contributed by atoms with E-state index in [0.29, 0.717) is 28.9 Å². The third-order valence-corrected chi connectivity index (χ3v) is 2.16. The van der Waals surface area contributed by atoms with E-state index >= 15 is 0 Å². The summed E-state index contributed by atoms with van der Waals surface area (Å²) in [5.74, 6) is 4.96. The molecule has 0 N–H and O–H groups in total. The highest BCUT2D eigenvalue weighted by Gasteiger charge is 2.09. The second-order valence-electron chi connectivity index (χ2n) is 3.15. The van der Waals surface area contributed by atoms with Crippen molar-refractivity contribution in [2.75, 3.05) is 21.3 Å². The average Bonchev–Trinajstić information content (AvgIpc) is 2.43.